The van der Waals surface area contributed by atoms with E-state index < -0.39 is 0 Å². The van der Waals surface area contributed by atoms with Gasteiger partial charge in [0.05, 0.1) is 5.69 Å². The third-order valence-electron chi connectivity index (χ3n) is 4.71. The van der Waals surface area contributed by atoms with Crippen molar-refractivity contribution in [2.75, 3.05) is 5.73 Å². The SMILES string of the molecule is Cc1ccc(COc2ccc(-c3nc(N)ncc3-c3ccc(Cl)cc3)c(O)c2)cc1. The Morgan fingerprint density at radius 2 is 1.70 bits per heavy atom. The molecule has 0 saturated heterocycles. The number of halogens is 1. The standard InChI is InChI=1S/C24H20ClN3O2/c1-15-2-4-16(5-3-15)14-30-19-10-11-20(22(29)12-19)23-21(13-27-24(26)28-23)17-6-8-18(25)9-7-17/h2-13,29H,14H2,1H3,(H2,26,27,28). The van der Waals surface area contributed by atoms with Crippen molar-refractivity contribution in [2.45, 2.75) is 13.5 Å². The number of aromatic nitrogens is 2. The normalized spacial score (nSPS) is 10.7. The summed E-state index contributed by atoms with van der Waals surface area (Å²) >= 11 is 6.00. The molecule has 5 nitrogen and oxygen atoms in total. The lowest BCUT2D eigenvalue weighted by Gasteiger charge is -2.13. The molecule has 0 atom stereocenters. The summed E-state index contributed by atoms with van der Waals surface area (Å²) in [6.45, 7) is 2.45. The van der Waals surface area contributed by atoms with Gasteiger partial charge in [-0.25, -0.2) is 9.97 Å². The van der Waals surface area contributed by atoms with Crippen LogP contribution in [0.3, 0.4) is 0 Å². The highest BCUT2D eigenvalue weighted by atomic mass is 35.5. The second kappa shape index (κ2) is 8.43. The van der Waals surface area contributed by atoms with Crippen LogP contribution in [0.1, 0.15) is 11.1 Å². The predicted octanol–water partition coefficient (Wildman–Crippen LogP) is 5.64. The molecule has 3 aromatic carbocycles. The summed E-state index contributed by atoms with van der Waals surface area (Å²) < 4.78 is 5.82. The number of ether oxygens (including phenoxy) is 1. The zero-order valence-corrected chi connectivity index (χ0v) is 17.1. The topological polar surface area (TPSA) is 81.3 Å². The van der Waals surface area contributed by atoms with E-state index in [0.717, 1.165) is 16.7 Å². The van der Waals surface area contributed by atoms with Crippen molar-refractivity contribution in [3.05, 3.63) is 89.1 Å². The molecule has 30 heavy (non-hydrogen) atoms. The number of aryl methyl sites for hydroxylation is 1. The molecule has 0 saturated carbocycles. The van der Waals surface area contributed by atoms with E-state index >= 15 is 0 Å². The smallest absolute Gasteiger partial charge is 0.220 e. The Hall–Kier alpha value is -3.57. The number of phenols is 1. The molecule has 6 heteroatoms. The van der Waals surface area contributed by atoms with Crippen molar-refractivity contribution in [2.24, 2.45) is 0 Å². The molecular formula is C24H20ClN3O2. The predicted molar refractivity (Wildman–Crippen MR) is 120 cm³/mol. The molecule has 0 spiro atoms. The van der Waals surface area contributed by atoms with Gasteiger partial charge in [-0.2, -0.15) is 0 Å². The van der Waals surface area contributed by atoms with E-state index in [1.807, 2.05) is 43.3 Å². The number of benzene rings is 3. The summed E-state index contributed by atoms with van der Waals surface area (Å²) in [5.41, 5.74) is 10.8. The summed E-state index contributed by atoms with van der Waals surface area (Å²) in [4.78, 5) is 8.48. The number of phenolic OH excluding ortho intramolecular Hbond substituents is 1. The van der Waals surface area contributed by atoms with Crippen LogP contribution in [0.4, 0.5) is 5.95 Å². The van der Waals surface area contributed by atoms with E-state index in [2.05, 4.69) is 9.97 Å². The number of rotatable bonds is 5. The van der Waals surface area contributed by atoms with Crippen LogP contribution in [0.5, 0.6) is 11.5 Å². The van der Waals surface area contributed by atoms with Gasteiger partial charge < -0.3 is 15.6 Å². The van der Waals surface area contributed by atoms with Gasteiger partial charge in [0.25, 0.3) is 0 Å². The van der Waals surface area contributed by atoms with Crippen molar-refractivity contribution in [3.63, 3.8) is 0 Å². The lowest BCUT2D eigenvalue weighted by molar-refractivity contribution is 0.304. The lowest BCUT2D eigenvalue weighted by atomic mass is 10.00. The van der Waals surface area contributed by atoms with Crippen LogP contribution in [0, 0.1) is 6.92 Å². The minimum absolute atomic E-state index is 0.0460. The molecule has 0 aliphatic heterocycles. The molecular weight excluding hydrogens is 398 g/mol. The third-order valence-corrected chi connectivity index (χ3v) is 4.97. The van der Waals surface area contributed by atoms with E-state index in [1.165, 1.54) is 5.56 Å². The Labute approximate surface area is 179 Å². The molecule has 0 bridgehead atoms. The Bertz CT molecular complexity index is 1180. The van der Waals surface area contributed by atoms with Gasteiger partial charge in [-0.05, 0) is 42.3 Å². The molecule has 150 valence electrons. The largest absolute Gasteiger partial charge is 0.507 e. The monoisotopic (exact) mass is 417 g/mol. The Balaban J connectivity index is 1.63. The molecule has 1 heterocycles. The van der Waals surface area contributed by atoms with Crippen LogP contribution in [0.15, 0.2) is 72.9 Å². The molecule has 4 rings (SSSR count). The van der Waals surface area contributed by atoms with Crippen LogP contribution in [0.2, 0.25) is 5.02 Å². The quantitative estimate of drug-likeness (QED) is 0.439. The number of hydrogen-bond donors (Lipinski definition) is 2. The van der Waals surface area contributed by atoms with E-state index in [9.17, 15) is 5.11 Å². The van der Waals surface area contributed by atoms with Gasteiger partial charge >= 0.3 is 0 Å². The number of nitrogen functional groups attached to an aromatic ring is 1. The fraction of sp³-hybridized carbons (Fsp3) is 0.0833. The van der Waals surface area contributed by atoms with Crippen LogP contribution >= 0.6 is 11.6 Å². The molecule has 0 aliphatic rings. The maximum absolute atomic E-state index is 10.7. The lowest BCUT2D eigenvalue weighted by Crippen LogP contribution is -1.99. The highest BCUT2D eigenvalue weighted by molar-refractivity contribution is 6.30. The second-order valence-corrected chi connectivity index (χ2v) is 7.39. The second-order valence-electron chi connectivity index (χ2n) is 6.95. The highest BCUT2D eigenvalue weighted by Gasteiger charge is 2.15. The van der Waals surface area contributed by atoms with E-state index in [1.54, 1.807) is 36.5 Å². The maximum Gasteiger partial charge on any atom is 0.220 e. The van der Waals surface area contributed by atoms with Gasteiger partial charge in [-0.15, -0.1) is 0 Å². The first-order valence-corrected chi connectivity index (χ1v) is 9.77. The first-order valence-electron chi connectivity index (χ1n) is 9.40. The molecule has 4 aromatic rings. The van der Waals surface area contributed by atoms with E-state index in [4.69, 9.17) is 22.1 Å². The molecule has 0 amide bonds. The van der Waals surface area contributed by atoms with Crippen LogP contribution in [0.25, 0.3) is 22.4 Å². The minimum atomic E-state index is 0.0460. The number of hydrogen-bond acceptors (Lipinski definition) is 5. The molecule has 0 radical (unpaired) electrons. The number of aromatic hydroxyl groups is 1. The minimum Gasteiger partial charge on any atom is -0.507 e. The molecule has 0 aliphatic carbocycles. The van der Waals surface area contributed by atoms with Gasteiger partial charge in [0.15, 0.2) is 0 Å². The zero-order valence-electron chi connectivity index (χ0n) is 16.3. The van der Waals surface area contributed by atoms with Crippen LogP contribution in [-0.4, -0.2) is 15.1 Å². The van der Waals surface area contributed by atoms with Gasteiger partial charge in [0.1, 0.15) is 18.1 Å². The van der Waals surface area contributed by atoms with Gasteiger partial charge in [-0.3, -0.25) is 0 Å². The van der Waals surface area contributed by atoms with Crippen LogP contribution < -0.4 is 10.5 Å². The Kier molecular flexibility index (Phi) is 5.55. The summed E-state index contributed by atoms with van der Waals surface area (Å²) in [7, 11) is 0. The Morgan fingerprint density at radius 1 is 0.967 bits per heavy atom. The number of anilines is 1. The highest BCUT2D eigenvalue weighted by Crippen LogP contribution is 2.37. The summed E-state index contributed by atoms with van der Waals surface area (Å²) in [6, 6.07) is 20.6. The van der Waals surface area contributed by atoms with E-state index in [0.29, 0.717) is 28.6 Å². The molecule has 0 unspecified atom stereocenters. The van der Waals surface area contributed by atoms with Crippen molar-refractivity contribution in [1.82, 2.24) is 9.97 Å². The molecule has 1 aromatic heterocycles. The third kappa shape index (κ3) is 4.36. The first kappa shape index (κ1) is 19.7. The number of nitrogens with zero attached hydrogens (tertiary/aromatic N) is 2. The molecule has 3 N–H and O–H groups in total. The van der Waals surface area contributed by atoms with E-state index in [-0.39, 0.29) is 11.7 Å². The number of nitrogens with two attached hydrogens (primary N) is 1. The summed E-state index contributed by atoms with van der Waals surface area (Å²) in [5.74, 6) is 0.735. The van der Waals surface area contributed by atoms with Gasteiger partial charge in [-0.1, -0.05) is 53.6 Å². The maximum atomic E-state index is 10.7. The average molecular weight is 418 g/mol. The average Bonchev–Trinajstić information content (AvgIpc) is 2.74. The van der Waals surface area contributed by atoms with Crippen molar-refractivity contribution >= 4 is 17.5 Å². The zero-order chi connectivity index (χ0) is 21.1. The Morgan fingerprint density at radius 3 is 2.40 bits per heavy atom. The van der Waals surface area contributed by atoms with Crippen molar-refractivity contribution in [3.8, 4) is 33.9 Å². The van der Waals surface area contributed by atoms with Crippen molar-refractivity contribution in [1.29, 1.82) is 0 Å². The van der Waals surface area contributed by atoms with Gasteiger partial charge in [0.2, 0.25) is 5.95 Å². The fourth-order valence-corrected chi connectivity index (χ4v) is 3.22. The van der Waals surface area contributed by atoms with Crippen LogP contribution in [-0.2, 0) is 6.61 Å². The fourth-order valence-electron chi connectivity index (χ4n) is 3.09. The van der Waals surface area contributed by atoms with Gasteiger partial charge in [0, 0.05) is 28.4 Å². The molecule has 0 fully saturated rings. The summed E-state index contributed by atoms with van der Waals surface area (Å²) in [5, 5.41) is 11.3. The van der Waals surface area contributed by atoms with Crippen molar-refractivity contribution < 1.29 is 9.84 Å². The summed E-state index contributed by atoms with van der Waals surface area (Å²) in [6.07, 6.45) is 1.64. The first-order chi connectivity index (χ1) is 14.5.